The van der Waals surface area contributed by atoms with Gasteiger partial charge in [0.25, 0.3) is 0 Å². The van der Waals surface area contributed by atoms with E-state index in [4.69, 9.17) is 4.74 Å². The summed E-state index contributed by atoms with van der Waals surface area (Å²) in [5.74, 6) is -0.0518. The molecule has 1 aliphatic carbocycles. The van der Waals surface area contributed by atoms with Gasteiger partial charge >= 0.3 is 0 Å². The lowest BCUT2D eigenvalue weighted by Gasteiger charge is -2.33. The second-order valence-corrected chi connectivity index (χ2v) is 5.16. The number of hydrogen-bond donors (Lipinski definition) is 1. The molecule has 1 aliphatic heterocycles. The molecule has 2 fully saturated rings. The van der Waals surface area contributed by atoms with E-state index >= 15 is 0 Å². The molecule has 4 nitrogen and oxygen atoms in total. The van der Waals surface area contributed by atoms with E-state index in [0.29, 0.717) is 6.61 Å². The molecule has 0 radical (unpaired) electrons. The molecule has 4 heteroatoms. The molecule has 1 amide bonds. The highest BCUT2D eigenvalue weighted by Crippen LogP contribution is 2.28. The lowest BCUT2D eigenvalue weighted by molar-refractivity contribution is -0.130. The fourth-order valence-electron chi connectivity index (χ4n) is 2.71. The molecule has 0 bridgehead atoms. The molecule has 1 saturated heterocycles. The van der Waals surface area contributed by atoms with Gasteiger partial charge in [0.1, 0.15) is 5.54 Å². The molecule has 1 unspecified atom stereocenters. The summed E-state index contributed by atoms with van der Waals surface area (Å²) in [5, 5.41) is 12.3. The van der Waals surface area contributed by atoms with Gasteiger partial charge in [-0.2, -0.15) is 5.26 Å². The third-order valence-electron chi connectivity index (χ3n) is 3.81. The number of carbonyl (C=O) groups is 1. The lowest BCUT2D eigenvalue weighted by Crippen LogP contribution is -2.51. The standard InChI is InChI=1S/C13H20N2O2/c14-10-13(6-2-1-3-7-13)15-12(16)11-5-4-8-17-9-11/h11H,1-9H2,(H,15,16). The van der Waals surface area contributed by atoms with Crippen LogP contribution in [0.3, 0.4) is 0 Å². The molecule has 1 saturated carbocycles. The number of carbonyl (C=O) groups excluding carboxylic acids is 1. The van der Waals surface area contributed by atoms with Gasteiger partial charge in [-0.05, 0) is 25.7 Å². The van der Waals surface area contributed by atoms with Gasteiger partial charge in [-0.1, -0.05) is 19.3 Å². The van der Waals surface area contributed by atoms with Crippen LogP contribution in [-0.4, -0.2) is 24.7 Å². The van der Waals surface area contributed by atoms with Gasteiger partial charge in [-0.3, -0.25) is 4.79 Å². The summed E-state index contributed by atoms with van der Waals surface area (Å²) in [5.41, 5.74) is -0.604. The Morgan fingerprint density at radius 2 is 2.06 bits per heavy atom. The van der Waals surface area contributed by atoms with E-state index in [2.05, 4.69) is 11.4 Å². The van der Waals surface area contributed by atoms with Crippen molar-refractivity contribution in [3.63, 3.8) is 0 Å². The van der Waals surface area contributed by atoms with E-state index < -0.39 is 5.54 Å². The molecule has 94 valence electrons. The predicted octanol–water partition coefficient (Wildman–Crippen LogP) is 1.76. The minimum Gasteiger partial charge on any atom is -0.381 e. The second kappa shape index (κ2) is 5.50. The molecular formula is C13H20N2O2. The number of nitrogens with zero attached hydrogens (tertiary/aromatic N) is 1. The highest BCUT2D eigenvalue weighted by atomic mass is 16.5. The van der Waals surface area contributed by atoms with Gasteiger partial charge in [-0.15, -0.1) is 0 Å². The highest BCUT2D eigenvalue weighted by molar-refractivity contribution is 5.80. The quantitative estimate of drug-likeness (QED) is 0.794. The minimum absolute atomic E-state index is 0.00755. The number of ether oxygens (including phenoxy) is 1. The predicted molar refractivity (Wildman–Crippen MR) is 63.1 cm³/mol. The molecule has 0 spiro atoms. The van der Waals surface area contributed by atoms with E-state index in [-0.39, 0.29) is 11.8 Å². The largest absolute Gasteiger partial charge is 0.381 e. The van der Waals surface area contributed by atoms with Gasteiger partial charge in [0.2, 0.25) is 5.91 Å². The number of nitriles is 1. The number of amides is 1. The molecule has 1 heterocycles. The molecule has 2 rings (SSSR count). The summed E-state index contributed by atoms with van der Waals surface area (Å²) in [6.45, 7) is 1.26. The summed E-state index contributed by atoms with van der Waals surface area (Å²) in [6, 6.07) is 2.31. The van der Waals surface area contributed by atoms with Gasteiger partial charge in [0, 0.05) is 6.61 Å². The molecule has 0 aromatic carbocycles. The number of hydrogen-bond acceptors (Lipinski definition) is 3. The van der Waals surface area contributed by atoms with Crippen molar-refractivity contribution in [2.24, 2.45) is 5.92 Å². The van der Waals surface area contributed by atoms with E-state index in [1.807, 2.05) is 0 Å². The van der Waals surface area contributed by atoms with Crippen LogP contribution in [0.2, 0.25) is 0 Å². The van der Waals surface area contributed by atoms with Crippen LogP contribution in [0, 0.1) is 17.2 Å². The fraction of sp³-hybridized carbons (Fsp3) is 0.846. The monoisotopic (exact) mass is 236 g/mol. The van der Waals surface area contributed by atoms with Crippen LogP contribution < -0.4 is 5.32 Å². The summed E-state index contributed by atoms with van der Waals surface area (Å²) >= 11 is 0. The zero-order valence-corrected chi connectivity index (χ0v) is 10.2. The maximum absolute atomic E-state index is 12.1. The van der Waals surface area contributed by atoms with E-state index in [1.54, 1.807) is 0 Å². The Kier molecular flexibility index (Phi) is 4.01. The summed E-state index contributed by atoms with van der Waals surface area (Å²) in [4.78, 5) is 12.1. The summed E-state index contributed by atoms with van der Waals surface area (Å²) in [7, 11) is 0. The maximum atomic E-state index is 12.1. The van der Waals surface area contributed by atoms with Gasteiger partial charge in [0.15, 0.2) is 0 Å². The summed E-state index contributed by atoms with van der Waals surface area (Å²) in [6.07, 6.45) is 6.66. The molecule has 1 atom stereocenters. The van der Waals surface area contributed by atoms with Crippen molar-refractivity contribution in [3.05, 3.63) is 0 Å². The van der Waals surface area contributed by atoms with Crippen molar-refractivity contribution in [2.75, 3.05) is 13.2 Å². The van der Waals surface area contributed by atoms with Crippen LogP contribution in [0.15, 0.2) is 0 Å². The Labute approximate surface area is 102 Å². The zero-order chi connectivity index (χ0) is 12.1. The van der Waals surface area contributed by atoms with Gasteiger partial charge < -0.3 is 10.1 Å². The lowest BCUT2D eigenvalue weighted by atomic mass is 9.82. The Morgan fingerprint density at radius 3 is 2.65 bits per heavy atom. The first-order valence-electron chi connectivity index (χ1n) is 6.57. The average Bonchev–Trinajstić information content (AvgIpc) is 2.41. The van der Waals surface area contributed by atoms with Crippen LogP contribution >= 0.6 is 0 Å². The smallest absolute Gasteiger partial charge is 0.226 e. The topological polar surface area (TPSA) is 62.1 Å². The first kappa shape index (κ1) is 12.4. The molecular weight excluding hydrogens is 216 g/mol. The Morgan fingerprint density at radius 1 is 1.29 bits per heavy atom. The molecule has 1 N–H and O–H groups in total. The molecule has 17 heavy (non-hydrogen) atoms. The van der Waals surface area contributed by atoms with Gasteiger partial charge in [0.05, 0.1) is 18.6 Å². The number of rotatable bonds is 2. The molecule has 2 aliphatic rings. The van der Waals surface area contributed by atoms with E-state index in [0.717, 1.165) is 45.1 Å². The van der Waals surface area contributed by atoms with Crippen molar-refractivity contribution in [2.45, 2.75) is 50.5 Å². The SMILES string of the molecule is N#CC1(NC(=O)C2CCCOC2)CCCCC1. The van der Waals surface area contributed by atoms with Crippen molar-refractivity contribution in [1.82, 2.24) is 5.32 Å². The van der Waals surface area contributed by atoms with Crippen molar-refractivity contribution in [3.8, 4) is 6.07 Å². The minimum atomic E-state index is -0.604. The highest BCUT2D eigenvalue weighted by Gasteiger charge is 2.35. The van der Waals surface area contributed by atoms with Crippen LogP contribution in [0.1, 0.15) is 44.9 Å². The van der Waals surface area contributed by atoms with Crippen LogP contribution in [-0.2, 0) is 9.53 Å². The van der Waals surface area contributed by atoms with E-state index in [9.17, 15) is 10.1 Å². The average molecular weight is 236 g/mol. The van der Waals surface area contributed by atoms with Crippen LogP contribution in [0.25, 0.3) is 0 Å². The van der Waals surface area contributed by atoms with Crippen LogP contribution in [0.4, 0.5) is 0 Å². The normalized spacial score (nSPS) is 28.1. The molecule has 0 aromatic rings. The second-order valence-electron chi connectivity index (χ2n) is 5.16. The first-order valence-corrected chi connectivity index (χ1v) is 6.57. The Bertz CT molecular complexity index is 310. The Hall–Kier alpha value is -1.08. The first-order chi connectivity index (χ1) is 8.26. The zero-order valence-electron chi connectivity index (χ0n) is 10.2. The third kappa shape index (κ3) is 2.98. The fourth-order valence-corrected chi connectivity index (χ4v) is 2.71. The van der Waals surface area contributed by atoms with Crippen molar-refractivity contribution in [1.29, 1.82) is 5.26 Å². The third-order valence-corrected chi connectivity index (χ3v) is 3.81. The summed E-state index contributed by atoms with van der Waals surface area (Å²) < 4.78 is 5.32. The van der Waals surface area contributed by atoms with E-state index in [1.165, 1.54) is 6.42 Å². The van der Waals surface area contributed by atoms with Crippen molar-refractivity contribution < 1.29 is 9.53 Å². The Balaban J connectivity index is 1.93. The van der Waals surface area contributed by atoms with Crippen LogP contribution in [0.5, 0.6) is 0 Å². The van der Waals surface area contributed by atoms with Crippen molar-refractivity contribution >= 4 is 5.91 Å². The maximum Gasteiger partial charge on any atom is 0.226 e. The number of nitrogens with one attached hydrogen (secondary N) is 1. The molecule has 0 aromatic heterocycles. The van der Waals surface area contributed by atoms with Gasteiger partial charge in [-0.25, -0.2) is 0 Å².